The molecule has 0 radical (unpaired) electrons. The molecule has 10 heavy (non-hydrogen) atoms. The molecule has 0 unspecified atom stereocenters. The zero-order valence-corrected chi connectivity index (χ0v) is 7.28. The van der Waals surface area contributed by atoms with Gasteiger partial charge in [-0.05, 0) is 0 Å². The van der Waals surface area contributed by atoms with Crippen LogP contribution in [-0.4, -0.2) is 16.1 Å². The van der Waals surface area contributed by atoms with E-state index in [0.717, 1.165) is 4.88 Å². The second kappa shape index (κ2) is 3.12. The molecule has 0 fully saturated rings. The van der Waals surface area contributed by atoms with Crippen molar-refractivity contribution in [2.24, 2.45) is 0 Å². The summed E-state index contributed by atoms with van der Waals surface area (Å²) >= 11 is 4.50. The lowest BCUT2D eigenvalue weighted by atomic mass is 10.4. The largest absolute Gasteiger partial charge is 0.476 e. The summed E-state index contributed by atoms with van der Waals surface area (Å²) in [6.45, 7) is 0. The van der Waals surface area contributed by atoms with E-state index in [1.54, 1.807) is 0 Å². The average Bonchev–Trinajstić information content (AvgIpc) is 2.33. The van der Waals surface area contributed by atoms with Crippen molar-refractivity contribution in [3.05, 3.63) is 16.1 Å². The Kier molecular flexibility index (Phi) is 2.39. The fourth-order valence-electron chi connectivity index (χ4n) is 0.540. The number of thiazole rings is 1. The van der Waals surface area contributed by atoms with E-state index in [2.05, 4.69) is 20.9 Å². The number of carbonyl (C=O) groups is 1. The van der Waals surface area contributed by atoms with Crippen LogP contribution in [-0.2, 0) is 5.33 Å². The Labute approximate surface area is 69.8 Å². The molecular formula is C5H4BrNO2S. The van der Waals surface area contributed by atoms with E-state index in [0.29, 0.717) is 5.33 Å². The number of alkyl halides is 1. The van der Waals surface area contributed by atoms with Gasteiger partial charge in [0.1, 0.15) is 0 Å². The maximum Gasteiger partial charge on any atom is 0.355 e. The first-order valence-corrected chi connectivity index (χ1v) is 4.47. The molecule has 1 aromatic rings. The molecule has 1 aromatic heterocycles. The van der Waals surface area contributed by atoms with Gasteiger partial charge in [0.15, 0.2) is 5.69 Å². The number of hydrogen-bond acceptors (Lipinski definition) is 3. The van der Waals surface area contributed by atoms with Crippen LogP contribution in [0.25, 0.3) is 0 Å². The van der Waals surface area contributed by atoms with Crippen molar-refractivity contribution in [1.29, 1.82) is 0 Å². The van der Waals surface area contributed by atoms with Gasteiger partial charge in [-0.15, -0.1) is 11.3 Å². The molecule has 5 heteroatoms. The van der Waals surface area contributed by atoms with E-state index < -0.39 is 5.97 Å². The minimum absolute atomic E-state index is 0.155. The molecule has 1 heterocycles. The van der Waals surface area contributed by atoms with Gasteiger partial charge >= 0.3 is 5.97 Å². The maximum atomic E-state index is 10.4. The number of rotatable bonds is 2. The average molecular weight is 222 g/mol. The fourth-order valence-corrected chi connectivity index (χ4v) is 1.80. The standard InChI is InChI=1S/C5H4BrNO2S/c6-1-3-4(5(8)9)7-2-10-3/h2H,1H2,(H,8,9). The molecule has 0 amide bonds. The van der Waals surface area contributed by atoms with Crippen molar-refractivity contribution in [1.82, 2.24) is 4.98 Å². The van der Waals surface area contributed by atoms with Gasteiger partial charge in [-0.25, -0.2) is 9.78 Å². The highest BCUT2D eigenvalue weighted by Gasteiger charge is 2.10. The van der Waals surface area contributed by atoms with E-state index in [4.69, 9.17) is 5.11 Å². The Morgan fingerprint density at radius 2 is 2.60 bits per heavy atom. The summed E-state index contributed by atoms with van der Waals surface area (Å²) in [4.78, 5) is 14.8. The molecule has 0 spiro atoms. The van der Waals surface area contributed by atoms with E-state index in [1.165, 1.54) is 16.8 Å². The molecule has 0 aromatic carbocycles. The topological polar surface area (TPSA) is 50.2 Å². The third-order valence-corrected chi connectivity index (χ3v) is 2.73. The Hall–Kier alpha value is -0.420. The normalized spacial score (nSPS) is 9.70. The highest BCUT2D eigenvalue weighted by molar-refractivity contribution is 9.08. The van der Waals surface area contributed by atoms with Gasteiger partial charge in [0.2, 0.25) is 0 Å². The summed E-state index contributed by atoms with van der Waals surface area (Å²) in [5, 5.41) is 9.06. The van der Waals surface area contributed by atoms with Crippen LogP contribution in [0.2, 0.25) is 0 Å². The molecule has 0 saturated carbocycles. The number of carboxylic acids is 1. The quantitative estimate of drug-likeness (QED) is 0.775. The first kappa shape index (κ1) is 7.68. The Bertz CT molecular complexity index is 248. The van der Waals surface area contributed by atoms with Gasteiger partial charge in [0, 0.05) is 10.2 Å². The summed E-state index contributed by atoms with van der Waals surface area (Å²) in [6.07, 6.45) is 0. The van der Waals surface area contributed by atoms with Gasteiger partial charge in [-0.2, -0.15) is 0 Å². The van der Waals surface area contributed by atoms with Crippen LogP contribution in [0.1, 0.15) is 15.4 Å². The van der Waals surface area contributed by atoms with Crippen LogP contribution < -0.4 is 0 Å². The van der Waals surface area contributed by atoms with E-state index >= 15 is 0 Å². The van der Waals surface area contributed by atoms with E-state index in [-0.39, 0.29) is 5.69 Å². The number of hydrogen-bond donors (Lipinski definition) is 1. The lowest BCUT2D eigenvalue weighted by molar-refractivity contribution is 0.0690. The van der Waals surface area contributed by atoms with Crippen LogP contribution in [0.5, 0.6) is 0 Å². The SMILES string of the molecule is O=C(O)c1ncsc1CBr. The minimum Gasteiger partial charge on any atom is -0.476 e. The van der Waals surface area contributed by atoms with Crippen molar-refractivity contribution in [3.63, 3.8) is 0 Å². The first-order chi connectivity index (χ1) is 4.75. The summed E-state index contributed by atoms with van der Waals surface area (Å²) in [5.41, 5.74) is 1.68. The lowest BCUT2D eigenvalue weighted by Gasteiger charge is -1.88. The molecule has 0 aliphatic heterocycles. The van der Waals surface area contributed by atoms with Crippen molar-refractivity contribution in [3.8, 4) is 0 Å². The molecule has 0 bridgehead atoms. The lowest BCUT2D eigenvalue weighted by Crippen LogP contribution is -1.98. The highest BCUT2D eigenvalue weighted by Crippen LogP contribution is 2.16. The summed E-state index contributed by atoms with van der Waals surface area (Å²) in [5.74, 6) is -0.962. The highest BCUT2D eigenvalue weighted by atomic mass is 79.9. The molecule has 54 valence electrons. The third-order valence-electron chi connectivity index (χ3n) is 0.965. The number of halogens is 1. The van der Waals surface area contributed by atoms with Crippen molar-refractivity contribution < 1.29 is 9.90 Å². The van der Waals surface area contributed by atoms with Crippen molar-refractivity contribution in [2.75, 3.05) is 0 Å². The molecule has 1 rings (SSSR count). The second-order valence-corrected chi connectivity index (χ2v) is 3.06. The molecule has 3 nitrogen and oxygen atoms in total. The predicted octanol–water partition coefficient (Wildman–Crippen LogP) is 1.74. The van der Waals surface area contributed by atoms with Gasteiger partial charge < -0.3 is 5.11 Å². The van der Waals surface area contributed by atoms with Gasteiger partial charge in [-0.1, -0.05) is 15.9 Å². The Balaban J connectivity index is 3.01. The summed E-state index contributed by atoms with van der Waals surface area (Å²) in [6, 6.07) is 0. The smallest absolute Gasteiger partial charge is 0.355 e. The maximum absolute atomic E-state index is 10.4. The Morgan fingerprint density at radius 1 is 1.90 bits per heavy atom. The van der Waals surface area contributed by atoms with Crippen LogP contribution in [0.3, 0.4) is 0 Å². The number of aromatic nitrogens is 1. The Morgan fingerprint density at radius 3 is 3.00 bits per heavy atom. The number of nitrogens with zero attached hydrogens (tertiary/aromatic N) is 1. The van der Waals surface area contributed by atoms with Gasteiger partial charge in [-0.3, -0.25) is 0 Å². The molecule has 0 aliphatic rings. The first-order valence-electron chi connectivity index (χ1n) is 2.47. The van der Waals surface area contributed by atoms with Crippen LogP contribution in [0, 0.1) is 0 Å². The molecule has 1 N–H and O–H groups in total. The number of aromatic carboxylic acids is 1. The van der Waals surface area contributed by atoms with Crippen molar-refractivity contribution in [2.45, 2.75) is 5.33 Å². The van der Waals surface area contributed by atoms with Crippen LogP contribution in [0.4, 0.5) is 0 Å². The second-order valence-electron chi connectivity index (χ2n) is 1.56. The molecule has 0 atom stereocenters. The predicted molar refractivity (Wildman–Crippen MR) is 41.7 cm³/mol. The van der Waals surface area contributed by atoms with Crippen LogP contribution in [0.15, 0.2) is 5.51 Å². The van der Waals surface area contributed by atoms with Crippen molar-refractivity contribution >= 4 is 33.2 Å². The van der Waals surface area contributed by atoms with Gasteiger partial charge in [0.05, 0.1) is 5.51 Å². The molecule has 0 saturated heterocycles. The third kappa shape index (κ3) is 1.35. The van der Waals surface area contributed by atoms with E-state index in [1.807, 2.05) is 0 Å². The van der Waals surface area contributed by atoms with Crippen LogP contribution >= 0.6 is 27.3 Å². The summed E-state index contributed by atoms with van der Waals surface area (Å²) in [7, 11) is 0. The zero-order valence-electron chi connectivity index (χ0n) is 4.87. The zero-order chi connectivity index (χ0) is 7.56. The van der Waals surface area contributed by atoms with E-state index in [9.17, 15) is 4.79 Å². The molecular weight excluding hydrogens is 218 g/mol. The number of carboxylic acid groups (broad SMARTS) is 1. The fraction of sp³-hybridized carbons (Fsp3) is 0.200. The molecule has 0 aliphatic carbocycles. The van der Waals surface area contributed by atoms with Gasteiger partial charge in [0.25, 0.3) is 0 Å². The minimum atomic E-state index is -0.962. The summed E-state index contributed by atoms with van der Waals surface area (Å²) < 4.78 is 0. The monoisotopic (exact) mass is 221 g/mol.